The zero-order valence-electron chi connectivity index (χ0n) is 20.7. The smallest absolute Gasteiger partial charge is 0.255 e. The first kappa shape index (κ1) is 24.7. The van der Waals surface area contributed by atoms with Crippen molar-refractivity contribution in [2.45, 2.75) is 56.6 Å². The summed E-state index contributed by atoms with van der Waals surface area (Å²) in [5.41, 5.74) is 2.06. The summed E-state index contributed by atoms with van der Waals surface area (Å²) < 4.78 is 11.4. The van der Waals surface area contributed by atoms with E-state index in [-0.39, 0.29) is 11.3 Å². The Labute approximate surface area is 220 Å². The number of fused-ring (bicyclic) bond motifs is 1. The zero-order chi connectivity index (χ0) is 25.1. The highest BCUT2D eigenvalue weighted by Gasteiger charge is 2.33. The van der Waals surface area contributed by atoms with Gasteiger partial charge in [0.25, 0.3) is 5.91 Å². The van der Waals surface area contributed by atoms with Crippen molar-refractivity contribution in [1.29, 1.82) is 0 Å². The van der Waals surface area contributed by atoms with Crippen LogP contribution in [0.25, 0.3) is 0 Å². The molecule has 0 spiro atoms. The van der Waals surface area contributed by atoms with Crippen molar-refractivity contribution in [1.82, 2.24) is 5.32 Å². The molecule has 5 nitrogen and oxygen atoms in total. The summed E-state index contributed by atoms with van der Waals surface area (Å²) in [6.07, 6.45) is 6.29. The predicted octanol–water partition coefficient (Wildman–Crippen LogP) is 7.92. The van der Waals surface area contributed by atoms with Crippen LogP contribution >= 0.6 is 23.1 Å². The van der Waals surface area contributed by atoms with Crippen molar-refractivity contribution in [3.63, 3.8) is 0 Å². The second kappa shape index (κ2) is 10.5. The van der Waals surface area contributed by atoms with Crippen LogP contribution in [0.2, 0.25) is 0 Å². The predicted molar refractivity (Wildman–Crippen MR) is 146 cm³/mol. The second-order valence-corrected chi connectivity index (χ2v) is 12.2. The molecular weight excluding hydrogens is 488 g/mol. The Morgan fingerprint density at radius 2 is 2.00 bits per heavy atom. The van der Waals surface area contributed by atoms with E-state index < -0.39 is 0 Å². The number of rotatable bonds is 7. The van der Waals surface area contributed by atoms with Gasteiger partial charge in [-0.25, -0.2) is 4.99 Å². The molecule has 1 aliphatic carbocycles. The molecule has 0 saturated carbocycles. The molecule has 0 aliphatic heterocycles. The summed E-state index contributed by atoms with van der Waals surface area (Å²) >= 11 is 3.20. The lowest BCUT2D eigenvalue weighted by Crippen LogP contribution is -2.28. The number of hydrogen-bond acceptors (Lipinski definition) is 6. The minimum absolute atomic E-state index is 0.106. The largest absolute Gasteiger partial charge is 0.467 e. The first-order chi connectivity index (χ1) is 17.4. The van der Waals surface area contributed by atoms with Crippen molar-refractivity contribution in [3.8, 4) is 0 Å². The molecule has 5 rings (SSSR count). The Morgan fingerprint density at radius 3 is 2.75 bits per heavy atom. The van der Waals surface area contributed by atoms with Gasteiger partial charge in [0.05, 0.1) is 24.6 Å². The summed E-state index contributed by atoms with van der Waals surface area (Å²) in [4.78, 5) is 20.5. The van der Waals surface area contributed by atoms with E-state index in [2.05, 4.69) is 38.2 Å². The summed E-state index contributed by atoms with van der Waals surface area (Å²) in [6.45, 7) is 7.25. The summed E-state index contributed by atoms with van der Waals surface area (Å²) in [6, 6.07) is 17.7. The zero-order valence-corrected chi connectivity index (χ0v) is 22.4. The number of thiophene rings is 1. The highest BCUT2D eigenvalue weighted by atomic mass is 32.2. The normalized spacial score (nSPS) is 15.8. The maximum Gasteiger partial charge on any atom is 0.255 e. The van der Waals surface area contributed by atoms with Crippen LogP contribution in [0.3, 0.4) is 0 Å². The molecule has 1 aromatic carbocycles. The Kier molecular flexibility index (Phi) is 7.21. The minimum Gasteiger partial charge on any atom is -0.467 e. The molecule has 36 heavy (non-hydrogen) atoms. The number of furan rings is 2. The van der Waals surface area contributed by atoms with Gasteiger partial charge in [0.1, 0.15) is 16.5 Å². The fraction of sp³-hybridized carbons (Fsp3) is 0.310. The van der Waals surface area contributed by atoms with E-state index >= 15 is 0 Å². The number of amides is 1. The number of benzene rings is 1. The van der Waals surface area contributed by atoms with Crippen molar-refractivity contribution in [2.75, 3.05) is 0 Å². The van der Waals surface area contributed by atoms with Crippen LogP contribution in [-0.2, 0) is 19.4 Å². The van der Waals surface area contributed by atoms with Crippen LogP contribution < -0.4 is 5.32 Å². The molecule has 0 unspecified atom stereocenters. The highest BCUT2D eigenvalue weighted by Crippen LogP contribution is 2.45. The van der Waals surface area contributed by atoms with E-state index in [0.29, 0.717) is 23.8 Å². The molecule has 0 fully saturated rings. The molecule has 1 amide bonds. The lowest BCUT2D eigenvalue weighted by molar-refractivity contribution is 0.0947. The molecule has 1 aliphatic rings. The first-order valence-electron chi connectivity index (χ1n) is 12.2. The molecule has 3 aromatic heterocycles. The molecular formula is C29H30N2O3S2. The second-order valence-electron chi connectivity index (χ2n) is 10.1. The van der Waals surface area contributed by atoms with E-state index in [4.69, 9.17) is 13.8 Å². The number of hydrogen-bond donors (Lipinski definition) is 1. The topological polar surface area (TPSA) is 67.7 Å². The Balaban J connectivity index is 1.39. The minimum atomic E-state index is -0.106. The van der Waals surface area contributed by atoms with Gasteiger partial charge in [-0.15, -0.1) is 11.3 Å². The summed E-state index contributed by atoms with van der Waals surface area (Å²) in [7, 11) is 0. The van der Waals surface area contributed by atoms with Crippen LogP contribution in [0.1, 0.15) is 59.5 Å². The van der Waals surface area contributed by atoms with E-state index in [1.807, 2.05) is 42.5 Å². The van der Waals surface area contributed by atoms with Crippen LogP contribution in [0.15, 0.2) is 84.7 Å². The molecule has 7 heteroatoms. The molecule has 0 bridgehead atoms. The fourth-order valence-corrected chi connectivity index (χ4v) is 6.56. The van der Waals surface area contributed by atoms with Crippen LogP contribution in [0.4, 0.5) is 5.00 Å². The van der Waals surface area contributed by atoms with Gasteiger partial charge in [-0.2, -0.15) is 0 Å². The molecule has 0 saturated heterocycles. The average molecular weight is 519 g/mol. The van der Waals surface area contributed by atoms with Gasteiger partial charge in [-0.05, 0) is 72.6 Å². The van der Waals surface area contributed by atoms with E-state index in [1.54, 1.807) is 35.6 Å². The van der Waals surface area contributed by atoms with Crippen molar-refractivity contribution in [3.05, 3.63) is 88.4 Å². The molecule has 0 radical (unpaired) electrons. The van der Waals surface area contributed by atoms with Gasteiger partial charge < -0.3 is 14.2 Å². The fourth-order valence-electron chi connectivity index (χ4n) is 4.49. The van der Waals surface area contributed by atoms with Gasteiger partial charge in [0.2, 0.25) is 0 Å². The van der Waals surface area contributed by atoms with Gasteiger partial charge in [0, 0.05) is 9.77 Å². The van der Waals surface area contributed by atoms with Crippen molar-refractivity contribution < 1.29 is 13.6 Å². The maximum atomic E-state index is 13.3. The van der Waals surface area contributed by atoms with Crippen LogP contribution in [-0.4, -0.2) is 12.1 Å². The van der Waals surface area contributed by atoms with E-state index in [1.165, 1.54) is 4.88 Å². The third kappa shape index (κ3) is 5.68. The Bertz CT molecular complexity index is 1350. The number of aliphatic imine (C=N–C) groups is 1. The van der Waals surface area contributed by atoms with Crippen molar-refractivity contribution >= 4 is 40.2 Å². The monoisotopic (exact) mass is 518 g/mol. The lowest BCUT2D eigenvalue weighted by atomic mass is 9.72. The molecule has 1 atom stereocenters. The Morgan fingerprint density at radius 1 is 1.17 bits per heavy atom. The maximum absolute atomic E-state index is 13.3. The van der Waals surface area contributed by atoms with E-state index in [0.717, 1.165) is 45.6 Å². The SMILES string of the molecule is CC(C)(C)[C@@H]1CCc2c(sc(N=Cc3ccc(Sc4ccccc4)o3)c2C(=O)NCc2ccco2)C1. The number of carbonyl (C=O) groups excluding carboxylic acids is 1. The number of nitrogens with one attached hydrogen (secondary N) is 1. The molecule has 3 heterocycles. The first-order valence-corrected chi connectivity index (χ1v) is 13.8. The summed E-state index contributed by atoms with van der Waals surface area (Å²) in [5, 5.41) is 4.56. The van der Waals surface area contributed by atoms with Crippen molar-refractivity contribution in [2.24, 2.45) is 16.3 Å². The number of carbonyl (C=O) groups is 1. The molecule has 4 aromatic rings. The average Bonchev–Trinajstić information content (AvgIpc) is 3.61. The lowest BCUT2D eigenvalue weighted by Gasteiger charge is -2.33. The quantitative estimate of drug-likeness (QED) is 0.252. The highest BCUT2D eigenvalue weighted by molar-refractivity contribution is 7.99. The van der Waals surface area contributed by atoms with E-state index in [9.17, 15) is 4.79 Å². The summed E-state index contributed by atoms with van der Waals surface area (Å²) in [5.74, 6) is 1.87. The third-order valence-corrected chi connectivity index (χ3v) is 8.67. The van der Waals surface area contributed by atoms with Gasteiger partial charge in [0.15, 0.2) is 5.09 Å². The van der Waals surface area contributed by atoms with Crippen LogP contribution in [0, 0.1) is 11.3 Å². The van der Waals surface area contributed by atoms with Gasteiger partial charge >= 0.3 is 0 Å². The molecule has 186 valence electrons. The Hall–Kier alpha value is -3.03. The van der Waals surface area contributed by atoms with Gasteiger partial charge in [-0.3, -0.25) is 4.79 Å². The molecule has 1 N–H and O–H groups in total. The standard InChI is InChI=1S/C29H30N2O3S2/c1-29(2,3)19-11-13-23-24(16-19)36-28(26(23)27(32)30-17-20-8-7-15-33-20)31-18-21-12-14-25(34-21)35-22-9-5-4-6-10-22/h4-10,12,14-15,18-19H,11,13,16-17H2,1-3H3,(H,30,32)/t19-/m1/s1. The van der Waals surface area contributed by atoms with Gasteiger partial charge in [-0.1, -0.05) is 50.7 Å². The van der Waals surface area contributed by atoms with Crippen LogP contribution in [0.5, 0.6) is 0 Å². The third-order valence-electron chi connectivity index (χ3n) is 6.57. The number of nitrogens with zero attached hydrogens (tertiary/aromatic N) is 1.